The first-order chi connectivity index (χ1) is 7.72. The molecule has 1 aromatic rings. The molecule has 0 spiro atoms. The lowest BCUT2D eigenvalue weighted by Crippen LogP contribution is -2.06. The van der Waals surface area contributed by atoms with Crippen LogP contribution in [0, 0.1) is 0 Å². The van der Waals surface area contributed by atoms with Crippen molar-refractivity contribution in [3.8, 4) is 5.75 Å². The van der Waals surface area contributed by atoms with Gasteiger partial charge in [0.1, 0.15) is 18.9 Å². The fourth-order valence-corrected chi connectivity index (χ4v) is 1.03. The van der Waals surface area contributed by atoms with Crippen LogP contribution >= 0.6 is 11.1 Å². The van der Waals surface area contributed by atoms with Gasteiger partial charge in [0.15, 0.2) is 0 Å². The standard InChI is InChI=1S/C10H12O2.C3H9ClSi/c1-8(11)7-9-3-5-10(12-2)6-4-9;1-5(2,3)4/h3-6H,7H2,1-2H3;1-3H3. The second kappa shape index (κ2) is 7.51. The molecule has 0 saturated heterocycles. The Hall–Kier alpha value is -0.803. The molecule has 0 N–H and O–H groups in total. The van der Waals surface area contributed by atoms with Crippen molar-refractivity contribution in [1.29, 1.82) is 0 Å². The zero-order chi connectivity index (χ0) is 13.5. The van der Waals surface area contributed by atoms with E-state index < -0.39 is 7.38 Å². The molecule has 0 aliphatic heterocycles. The average Bonchev–Trinajstić information content (AvgIpc) is 2.15. The van der Waals surface area contributed by atoms with Crippen LogP contribution < -0.4 is 4.74 Å². The van der Waals surface area contributed by atoms with Gasteiger partial charge in [-0.3, -0.25) is 4.79 Å². The molecule has 17 heavy (non-hydrogen) atoms. The molecule has 0 bridgehead atoms. The van der Waals surface area contributed by atoms with Crippen molar-refractivity contribution in [3.05, 3.63) is 29.8 Å². The maximum absolute atomic E-state index is 10.7. The molecule has 0 aromatic heterocycles. The lowest BCUT2D eigenvalue weighted by Gasteiger charge is -2.00. The number of carbonyl (C=O) groups excluding carboxylic acids is 1. The maximum atomic E-state index is 10.7. The Balaban J connectivity index is 0.000000437. The number of Topliss-reactive ketones (excluding diaryl/α,β-unsaturated/α-hetero) is 1. The third kappa shape index (κ3) is 11.5. The number of carbonyl (C=O) groups is 1. The number of ketones is 1. The van der Waals surface area contributed by atoms with Gasteiger partial charge in [-0.25, -0.2) is 0 Å². The SMILES string of the molecule is COc1ccc(CC(C)=O)cc1.C[Si](C)(C)Cl. The summed E-state index contributed by atoms with van der Waals surface area (Å²) in [6.07, 6.45) is 0.504. The Morgan fingerprint density at radius 2 is 1.65 bits per heavy atom. The van der Waals surface area contributed by atoms with Gasteiger partial charge in [-0.1, -0.05) is 31.8 Å². The number of benzene rings is 1. The van der Waals surface area contributed by atoms with Crippen LogP contribution in [-0.2, 0) is 11.2 Å². The molecule has 96 valence electrons. The molecular weight excluding hydrogens is 252 g/mol. The summed E-state index contributed by atoms with van der Waals surface area (Å²) in [6.45, 7) is 7.86. The van der Waals surface area contributed by atoms with E-state index in [4.69, 9.17) is 15.8 Å². The zero-order valence-electron chi connectivity index (χ0n) is 11.2. The van der Waals surface area contributed by atoms with Crippen LogP contribution in [0.2, 0.25) is 19.6 Å². The smallest absolute Gasteiger partial charge is 0.147 e. The maximum Gasteiger partial charge on any atom is 0.147 e. The summed E-state index contributed by atoms with van der Waals surface area (Å²) in [4.78, 5) is 10.7. The molecule has 0 amide bonds. The summed E-state index contributed by atoms with van der Waals surface area (Å²) in [7, 11) is 0.486. The van der Waals surface area contributed by atoms with Gasteiger partial charge in [0, 0.05) is 6.42 Å². The van der Waals surface area contributed by atoms with Gasteiger partial charge in [-0.2, -0.15) is 11.1 Å². The van der Waals surface area contributed by atoms with Crippen LogP contribution in [0.1, 0.15) is 12.5 Å². The van der Waals surface area contributed by atoms with Crippen molar-refractivity contribution in [2.24, 2.45) is 0 Å². The van der Waals surface area contributed by atoms with E-state index in [1.807, 2.05) is 24.3 Å². The van der Waals surface area contributed by atoms with Crippen molar-refractivity contribution in [2.75, 3.05) is 7.11 Å². The van der Waals surface area contributed by atoms with E-state index in [-0.39, 0.29) is 5.78 Å². The van der Waals surface area contributed by atoms with Crippen LogP contribution in [0.4, 0.5) is 0 Å². The van der Waals surface area contributed by atoms with E-state index in [1.165, 1.54) is 0 Å². The first-order valence-electron chi connectivity index (χ1n) is 5.53. The highest BCUT2D eigenvalue weighted by Gasteiger charge is 2.04. The molecular formula is C13H21ClO2Si. The summed E-state index contributed by atoms with van der Waals surface area (Å²) >= 11 is 5.67. The Morgan fingerprint density at radius 3 is 1.94 bits per heavy atom. The van der Waals surface area contributed by atoms with E-state index in [9.17, 15) is 4.79 Å². The number of ether oxygens (including phenoxy) is 1. The fraction of sp³-hybridized carbons (Fsp3) is 0.462. The predicted octanol–water partition coefficient (Wildman–Crippen LogP) is 3.89. The van der Waals surface area contributed by atoms with Crippen molar-refractivity contribution >= 4 is 24.2 Å². The van der Waals surface area contributed by atoms with Gasteiger partial charge >= 0.3 is 0 Å². The minimum Gasteiger partial charge on any atom is -0.497 e. The van der Waals surface area contributed by atoms with Gasteiger partial charge in [0.05, 0.1) is 7.11 Å². The first kappa shape index (κ1) is 16.2. The summed E-state index contributed by atoms with van der Waals surface area (Å²) in [5, 5.41) is 0. The lowest BCUT2D eigenvalue weighted by atomic mass is 10.1. The van der Waals surface area contributed by atoms with E-state index in [2.05, 4.69) is 19.6 Å². The summed E-state index contributed by atoms with van der Waals surface area (Å²) < 4.78 is 4.99. The van der Waals surface area contributed by atoms with Gasteiger partial charge < -0.3 is 4.74 Å². The molecule has 1 rings (SSSR count). The highest BCUT2D eigenvalue weighted by molar-refractivity contribution is 7.18. The average molecular weight is 273 g/mol. The topological polar surface area (TPSA) is 26.3 Å². The minimum absolute atomic E-state index is 0.181. The van der Waals surface area contributed by atoms with Crippen LogP contribution in [0.15, 0.2) is 24.3 Å². The zero-order valence-corrected chi connectivity index (χ0v) is 13.0. The number of rotatable bonds is 3. The molecule has 0 unspecified atom stereocenters. The predicted molar refractivity (Wildman–Crippen MR) is 76.6 cm³/mol. The Bertz CT molecular complexity index is 335. The van der Waals surface area contributed by atoms with Crippen molar-refractivity contribution in [1.82, 2.24) is 0 Å². The second-order valence-corrected chi connectivity index (χ2v) is 12.3. The molecule has 0 radical (unpaired) electrons. The van der Waals surface area contributed by atoms with E-state index in [0.29, 0.717) is 6.42 Å². The van der Waals surface area contributed by atoms with E-state index in [0.717, 1.165) is 11.3 Å². The molecule has 2 nitrogen and oxygen atoms in total. The van der Waals surface area contributed by atoms with Crippen LogP contribution in [0.5, 0.6) is 5.75 Å². The Kier molecular flexibility index (Phi) is 7.15. The van der Waals surface area contributed by atoms with E-state index >= 15 is 0 Å². The molecule has 0 saturated carbocycles. The van der Waals surface area contributed by atoms with Crippen LogP contribution in [0.25, 0.3) is 0 Å². The second-order valence-electron chi connectivity index (χ2n) is 4.79. The Morgan fingerprint density at radius 1 is 1.24 bits per heavy atom. The molecule has 1 aromatic carbocycles. The summed E-state index contributed by atoms with van der Waals surface area (Å²) in [5.41, 5.74) is 1.03. The van der Waals surface area contributed by atoms with Gasteiger partial charge in [0.25, 0.3) is 0 Å². The number of halogens is 1. The lowest BCUT2D eigenvalue weighted by molar-refractivity contribution is -0.116. The van der Waals surface area contributed by atoms with Crippen LogP contribution in [0.3, 0.4) is 0 Å². The summed E-state index contributed by atoms with van der Waals surface area (Å²) in [6, 6.07) is 7.52. The van der Waals surface area contributed by atoms with Crippen molar-refractivity contribution in [3.63, 3.8) is 0 Å². The normalized spacial score (nSPS) is 10.2. The van der Waals surface area contributed by atoms with Crippen molar-refractivity contribution < 1.29 is 9.53 Å². The number of hydrogen-bond acceptors (Lipinski definition) is 2. The number of hydrogen-bond donors (Lipinski definition) is 0. The minimum atomic E-state index is -1.14. The number of methoxy groups -OCH3 is 1. The van der Waals surface area contributed by atoms with Gasteiger partial charge in [-0.15, -0.1) is 0 Å². The molecule has 4 heteroatoms. The van der Waals surface area contributed by atoms with E-state index in [1.54, 1.807) is 14.0 Å². The largest absolute Gasteiger partial charge is 0.497 e. The molecule has 0 heterocycles. The third-order valence-electron chi connectivity index (χ3n) is 1.61. The molecule has 0 aliphatic rings. The quantitative estimate of drug-likeness (QED) is 0.616. The van der Waals surface area contributed by atoms with Gasteiger partial charge in [-0.05, 0) is 24.6 Å². The monoisotopic (exact) mass is 272 g/mol. The molecule has 0 fully saturated rings. The van der Waals surface area contributed by atoms with Crippen molar-refractivity contribution in [2.45, 2.75) is 33.0 Å². The molecule has 0 aliphatic carbocycles. The third-order valence-corrected chi connectivity index (χ3v) is 1.61. The summed E-state index contributed by atoms with van der Waals surface area (Å²) in [5.74, 6) is 1.00. The first-order valence-corrected chi connectivity index (χ1v) is 10.0. The highest BCUT2D eigenvalue weighted by atomic mass is 35.6. The highest BCUT2D eigenvalue weighted by Crippen LogP contribution is 2.11. The van der Waals surface area contributed by atoms with Gasteiger partial charge in [0.2, 0.25) is 0 Å². The molecule has 0 atom stereocenters. The Labute approximate surface area is 110 Å². The fourth-order valence-electron chi connectivity index (χ4n) is 1.03. The van der Waals surface area contributed by atoms with Crippen LogP contribution in [-0.4, -0.2) is 20.3 Å².